The number of aliphatic hydroxyl groups is 1. The Kier molecular flexibility index (Phi) is 4.10. The fraction of sp³-hybridized carbons (Fsp3) is 0.611. The third-order valence-electron chi connectivity index (χ3n) is 5.88. The Hall–Kier alpha value is -0.970. The van der Waals surface area contributed by atoms with E-state index in [0.717, 1.165) is 12.0 Å². The summed E-state index contributed by atoms with van der Waals surface area (Å²) in [4.78, 5) is 13.3. The zero-order valence-corrected chi connectivity index (χ0v) is 15.7. The van der Waals surface area contributed by atoms with Crippen LogP contribution in [0.1, 0.15) is 39.2 Å². The minimum Gasteiger partial charge on any atom is -0.465 e. The molecule has 1 aliphatic heterocycles. The van der Waals surface area contributed by atoms with Gasteiger partial charge < -0.3 is 15.1 Å². The lowest BCUT2D eigenvalue weighted by molar-refractivity contribution is -0.0163. The molecule has 0 bridgehead atoms. The van der Waals surface area contributed by atoms with Crippen LogP contribution in [0.4, 0.5) is 4.79 Å². The number of amides is 1. The summed E-state index contributed by atoms with van der Waals surface area (Å²) in [5.41, 5.74) is 0.0589. The Morgan fingerprint density at radius 2 is 2.00 bits per heavy atom. The van der Waals surface area contributed by atoms with Crippen molar-refractivity contribution in [3.8, 4) is 0 Å². The second kappa shape index (κ2) is 5.52. The molecule has 0 spiro atoms. The van der Waals surface area contributed by atoms with Crippen LogP contribution in [0.3, 0.4) is 0 Å². The molecule has 2 fully saturated rings. The number of hydrogen-bond donors (Lipinski definition) is 2. The van der Waals surface area contributed by atoms with Crippen molar-refractivity contribution in [1.29, 1.82) is 0 Å². The van der Waals surface area contributed by atoms with Crippen molar-refractivity contribution in [2.45, 2.75) is 45.1 Å². The quantitative estimate of drug-likeness (QED) is 0.808. The fourth-order valence-corrected chi connectivity index (χ4v) is 5.35. The molecule has 0 radical (unpaired) electrons. The number of halogens is 2. The maximum Gasteiger partial charge on any atom is 0.407 e. The summed E-state index contributed by atoms with van der Waals surface area (Å²) < 4.78 is 0. The van der Waals surface area contributed by atoms with Crippen LogP contribution in [-0.4, -0.2) is 40.4 Å². The Morgan fingerprint density at radius 3 is 2.50 bits per heavy atom. The lowest BCUT2D eigenvalue weighted by Crippen LogP contribution is -2.59. The van der Waals surface area contributed by atoms with Gasteiger partial charge in [0.15, 0.2) is 0 Å². The van der Waals surface area contributed by atoms with E-state index in [1.165, 1.54) is 4.90 Å². The van der Waals surface area contributed by atoms with Gasteiger partial charge in [0.25, 0.3) is 0 Å². The van der Waals surface area contributed by atoms with E-state index in [-0.39, 0.29) is 23.5 Å². The van der Waals surface area contributed by atoms with E-state index in [9.17, 15) is 15.0 Å². The van der Waals surface area contributed by atoms with Crippen LogP contribution < -0.4 is 0 Å². The summed E-state index contributed by atoms with van der Waals surface area (Å²) in [7, 11) is 0. The van der Waals surface area contributed by atoms with Crippen LogP contribution in [-0.2, 0) is 5.41 Å². The summed E-state index contributed by atoms with van der Waals surface area (Å²) in [5.74, 6) is 0. The van der Waals surface area contributed by atoms with Crippen molar-refractivity contribution in [2.75, 3.05) is 13.2 Å². The van der Waals surface area contributed by atoms with Crippen LogP contribution in [0.25, 0.3) is 0 Å². The number of carbonyl (C=O) groups is 1. The average Bonchev–Trinajstić information content (AvgIpc) is 3.18. The molecule has 0 aromatic heterocycles. The molecule has 3 unspecified atom stereocenters. The third-order valence-corrected chi connectivity index (χ3v) is 6.62. The van der Waals surface area contributed by atoms with Gasteiger partial charge in [0, 0.05) is 23.4 Å². The topological polar surface area (TPSA) is 60.8 Å². The number of aliphatic hydroxyl groups excluding tert-OH is 1. The minimum absolute atomic E-state index is 0.0427. The number of fused-ring (bicyclic) bond motifs is 1. The highest BCUT2D eigenvalue weighted by Gasteiger charge is 2.75. The minimum atomic E-state index is -0.919. The number of benzene rings is 1. The van der Waals surface area contributed by atoms with Gasteiger partial charge in [0.1, 0.15) is 0 Å². The zero-order valence-electron chi connectivity index (χ0n) is 14.1. The predicted molar refractivity (Wildman–Crippen MR) is 94.9 cm³/mol. The Morgan fingerprint density at radius 1 is 1.33 bits per heavy atom. The highest BCUT2D eigenvalue weighted by molar-refractivity contribution is 6.42. The van der Waals surface area contributed by atoms with Gasteiger partial charge in [0.05, 0.1) is 16.7 Å². The first-order valence-corrected chi connectivity index (χ1v) is 8.91. The van der Waals surface area contributed by atoms with E-state index in [4.69, 9.17) is 23.2 Å². The van der Waals surface area contributed by atoms with E-state index in [0.29, 0.717) is 23.0 Å². The molecule has 1 amide bonds. The lowest BCUT2D eigenvalue weighted by atomic mass is 9.68. The molecule has 1 aromatic carbocycles. The van der Waals surface area contributed by atoms with Gasteiger partial charge in [-0.1, -0.05) is 50.0 Å². The van der Waals surface area contributed by atoms with Crippen LogP contribution in [0.5, 0.6) is 0 Å². The zero-order chi connectivity index (χ0) is 17.9. The van der Waals surface area contributed by atoms with Gasteiger partial charge in [-0.15, -0.1) is 0 Å². The molecule has 3 atom stereocenters. The van der Waals surface area contributed by atoms with E-state index in [2.05, 4.69) is 0 Å². The summed E-state index contributed by atoms with van der Waals surface area (Å²) in [6, 6.07) is 5.36. The molecule has 1 saturated carbocycles. The van der Waals surface area contributed by atoms with Crippen LogP contribution in [0, 0.1) is 10.8 Å². The Labute approximate surface area is 152 Å². The molecular formula is C18H23Cl2NO3. The van der Waals surface area contributed by atoms with Gasteiger partial charge >= 0.3 is 6.09 Å². The maximum absolute atomic E-state index is 11.8. The molecule has 2 N–H and O–H groups in total. The van der Waals surface area contributed by atoms with Crippen LogP contribution in [0.2, 0.25) is 10.0 Å². The normalized spacial score (nSPS) is 32.4. The predicted octanol–water partition coefficient (Wildman–Crippen LogP) is 4.41. The fourth-order valence-electron chi connectivity index (χ4n) is 5.05. The molecule has 6 heteroatoms. The summed E-state index contributed by atoms with van der Waals surface area (Å²) in [6.45, 7) is 6.52. The Balaban J connectivity index is 2.10. The largest absolute Gasteiger partial charge is 0.465 e. The molecule has 3 rings (SSSR count). The van der Waals surface area contributed by atoms with Crippen molar-refractivity contribution < 1.29 is 15.0 Å². The second-order valence-electron chi connectivity index (χ2n) is 8.20. The van der Waals surface area contributed by atoms with Crippen LogP contribution >= 0.6 is 23.2 Å². The van der Waals surface area contributed by atoms with Crippen molar-refractivity contribution in [1.82, 2.24) is 4.90 Å². The molecule has 1 aliphatic carbocycles. The number of carboxylic acid groups (broad SMARTS) is 1. The Bertz CT molecular complexity index is 687. The first-order chi connectivity index (χ1) is 11.1. The molecule has 1 saturated heterocycles. The van der Waals surface area contributed by atoms with Gasteiger partial charge in [-0.2, -0.15) is 0 Å². The van der Waals surface area contributed by atoms with Gasteiger partial charge in [-0.3, -0.25) is 0 Å². The molecule has 4 nitrogen and oxygen atoms in total. The first kappa shape index (κ1) is 17.8. The number of rotatable bonds is 2. The number of nitrogens with zero attached hydrogens (tertiary/aromatic N) is 1. The summed E-state index contributed by atoms with van der Waals surface area (Å²) in [5, 5.41) is 21.0. The highest BCUT2D eigenvalue weighted by atomic mass is 35.5. The van der Waals surface area contributed by atoms with Crippen molar-refractivity contribution in [2.24, 2.45) is 10.8 Å². The average molecular weight is 372 g/mol. The summed E-state index contributed by atoms with van der Waals surface area (Å²) >= 11 is 12.3. The van der Waals surface area contributed by atoms with Crippen molar-refractivity contribution in [3.63, 3.8) is 0 Å². The standard InChI is InChI=1S/C18H23Cl2NO3/c1-16(2,3)14-18(10-22)9-17(18,6-7-21(14)15(23)24)11-4-5-12(19)13(20)8-11/h4-5,8,14,22H,6-7,9-10H2,1-3H3,(H,23,24). The molecular weight excluding hydrogens is 349 g/mol. The van der Waals surface area contributed by atoms with Gasteiger partial charge in [0.2, 0.25) is 0 Å². The number of piperidine rings is 1. The van der Waals surface area contributed by atoms with Crippen molar-refractivity contribution >= 4 is 29.3 Å². The molecule has 132 valence electrons. The van der Waals surface area contributed by atoms with E-state index < -0.39 is 11.5 Å². The number of hydrogen-bond acceptors (Lipinski definition) is 2. The second-order valence-corrected chi connectivity index (χ2v) is 9.01. The van der Waals surface area contributed by atoms with E-state index in [1.54, 1.807) is 6.07 Å². The molecule has 24 heavy (non-hydrogen) atoms. The highest BCUT2D eigenvalue weighted by Crippen LogP contribution is 2.73. The smallest absolute Gasteiger partial charge is 0.407 e. The summed E-state index contributed by atoms with van der Waals surface area (Å²) in [6.07, 6.45) is 0.530. The van der Waals surface area contributed by atoms with Crippen molar-refractivity contribution in [3.05, 3.63) is 33.8 Å². The van der Waals surface area contributed by atoms with Gasteiger partial charge in [-0.05, 0) is 36.0 Å². The van der Waals surface area contributed by atoms with Gasteiger partial charge in [-0.25, -0.2) is 4.79 Å². The van der Waals surface area contributed by atoms with E-state index >= 15 is 0 Å². The molecule has 1 aromatic rings. The molecule has 1 heterocycles. The van der Waals surface area contributed by atoms with Crippen LogP contribution in [0.15, 0.2) is 18.2 Å². The molecule has 2 aliphatic rings. The van der Waals surface area contributed by atoms with E-state index in [1.807, 2.05) is 32.9 Å². The first-order valence-electron chi connectivity index (χ1n) is 8.15. The maximum atomic E-state index is 11.8. The third kappa shape index (κ3) is 2.34. The lowest BCUT2D eigenvalue weighted by Gasteiger charge is -2.49. The SMILES string of the molecule is CC(C)(C)C1N(C(=O)O)CCC2(c3ccc(Cl)c(Cl)c3)CC12CO. The number of likely N-dealkylation sites (tertiary alicyclic amines) is 1. The monoisotopic (exact) mass is 371 g/mol.